The van der Waals surface area contributed by atoms with E-state index in [-0.39, 0.29) is 5.75 Å². The third kappa shape index (κ3) is 3.81. The quantitative estimate of drug-likeness (QED) is 0.347. The lowest BCUT2D eigenvalue weighted by Gasteiger charge is -2.05. The van der Waals surface area contributed by atoms with Gasteiger partial charge in [0, 0.05) is 12.1 Å². The third-order valence-corrected chi connectivity index (χ3v) is 5.40. The predicted octanol–water partition coefficient (Wildman–Crippen LogP) is 6.42. The van der Waals surface area contributed by atoms with Crippen LogP contribution in [0.1, 0.15) is 0 Å². The number of phenolic OH excluding ortho intramolecular Hbond substituents is 1. The molecule has 0 amide bonds. The van der Waals surface area contributed by atoms with E-state index < -0.39 is 0 Å². The van der Waals surface area contributed by atoms with Gasteiger partial charge in [-0.05, 0) is 92.3 Å². The molecule has 30 heavy (non-hydrogen) atoms. The molecule has 0 radical (unpaired) electrons. The molecule has 5 rings (SSSR count). The first kappa shape index (κ1) is 18.1. The fraction of sp³-hybridized carbons (Fsp3) is 0.0357. The van der Waals surface area contributed by atoms with Crippen molar-refractivity contribution >= 4 is 21.5 Å². The summed E-state index contributed by atoms with van der Waals surface area (Å²) in [4.78, 5) is 0. The summed E-state index contributed by atoms with van der Waals surface area (Å²) < 4.78 is 2.05. The lowest BCUT2D eigenvalue weighted by molar-refractivity contribution is -0.671. The number of pyridine rings is 1. The van der Waals surface area contributed by atoms with Crippen molar-refractivity contribution < 1.29 is 9.67 Å². The molecule has 1 heterocycles. The Morgan fingerprint density at radius 1 is 0.467 bits per heavy atom. The van der Waals surface area contributed by atoms with Crippen LogP contribution in [0.25, 0.3) is 43.8 Å². The van der Waals surface area contributed by atoms with Crippen LogP contribution in [0.5, 0.6) is 5.75 Å². The maximum atomic E-state index is 9.59. The highest BCUT2D eigenvalue weighted by Crippen LogP contribution is 2.27. The number of rotatable bonds is 2. The monoisotopic (exact) mass is 388 g/mol. The summed E-state index contributed by atoms with van der Waals surface area (Å²) in [6.07, 6.45) is 4.15. The van der Waals surface area contributed by atoms with Crippen LogP contribution >= 0.6 is 0 Å². The molecule has 144 valence electrons. The fourth-order valence-electron chi connectivity index (χ4n) is 3.80. The van der Waals surface area contributed by atoms with Crippen molar-refractivity contribution in [1.82, 2.24) is 0 Å². The number of hydrogen-bond acceptors (Lipinski definition) is 1. The van der Waals surface area contributed by atoms with Crippen LogP contribution in [0.15, 0.2) is 109 Å². The molecule has 0 unspecified atom stereocenters. The maximum Gasteiger partial charge on any atom is 0.169 e. The topological polar surface area (TPSA) is 24.1 Å². The zero-order chi connectivity index (χ0) is 20.5. The van der Waals surface area contributed by atoms with Gasteiger partial charge >= 0.3 is 0 Å². The lowest BCUT2D eigenvalue weighted by atomic mass is 10.0. The number of aryl methyl sites for hydroxylation is 1. The molecule has 0 fully saturated rings. The summed E-state index contributed by atoms with van der Waals surface area (Å²) in [7, 11) is 2.03. The molecular weight excluding hydrogens is 366 g/mol. The summed E-state index contributed by atoms with van der Waals surface area (Å²) in [6.45, 7) is 0. The highest BCUT2D eigenvalue weighted by atomic mass is 16.3. The summed E-state index contributed by atoms with van der Waals surface area (Å²) in [5.74, 6) is 0.283. The number of phenols is 1. The normalized spacial score (nSPS) is 11.0. The Bertz CT molecular complexity index is 1220. The van der Waals surface area contributed by atoms with Gasteiger partial charge in [-0.2, -0.15) is 0 Å². The van der Waals surface area contributed by atoms with Crippen LogP contribution in [-0.4, -0.2) is 5.11 Å². The van der Waals surface area contributed by atoms with Crippen molar-refractivity contribution in [2.24, 2.45) is 7.05 Å². The molecule has 0 saturated heterocycles. The molecule has 1 aromatic heterocycles. The molecule has 4 aromatic carbocycles. The van der Waals surface area contributed by atoms with E-state index in [0.717, 1.165) is 21.9 Å². The van der Waals surface area contributed by atoms with E-state index in [2.05, 4.69) is 85.2 Å². The number of aromatic nitrogens is 1. The van der Waals surface area contributed by atoms with Crippen LogP contribution < -0.4 is 4.57 Å². The van der Waals surface area contributed by atoms with Gasteiger partial charge in [0.1, 0.15) is 12.8 Å². The molecule has 0 spiro atoms. The summed E-state index contributed by atoms with van der Waals surface area (Å²) in [6, 6.07) is 33.6. The average molecular weight is 388 g/mol. The van der Waals surface area contributed by atoms with Crippen molar-refractivity contribution in [3.8, 4) is 28.0 Å². The highest BCUT2D eigenvalue weighted by Gasteiger charge is 2.02. The first-order valence-electron chi connectivity index (χ1n) is 10.0. The molecule has 5 aromatic rings. The van der Waals surface area contributed by atoms with E-state index in [0.29, 0.717) is 0 Å². The van der Waals surface area contributed by atoms with Crippen molar-refractivity contribution in [2.75, 3.05) is 0 Å². The number of aromatic hydroxyl groups is 1. The van der Waals surface area contributed by atoms with E-state index in [1.165, 1.54) is 21.9 Å². The Balaban J connectivity index is 1.68. The number of hydrogen-bond donors (Lipinski definition) is 1. The van der Waals surface area contributed by atoms with Gasteiger partial charge in [-0.1, -0.05) is 36.4 Å². The average Bonchev–Trinajstić information content (AvgIpc) is 2.77. The van der Waals surface area contributed by atoms with E-state index in [1.807, 2.05) is 23.7 Å². The zero-order valence-corrected chi connectivity index (χ0v) is 16.8. The van der Waals surface area contributed by atoms with E-state index in [1.54, 1.807) is 12.1 Å². The fourth-order valence-corrected chi connectivity index (χ4v) is 3.80. The summed E-state index contributed by atoms with van der Waals surface area (Å²) >= 11 is 0. The van der Waals surface area contributed by atoms with Gasteiger partial charge in [0.05, 0.1) is 0 Å². The van der Waals surface area contributed by atoms with Crippen molar-refractivity contribution in [3.63, 3.8) is 0 Å². The Morgan fingerprint density at radius 2 is 0.867 bits per heavy atom. The van der Waals surface area contributed by atoms with Crippen LogP contribution in [0.4, 0.5) is 0 Å². The number of nitrogens with zero attached hydrogens (tertiary/aromatic N) is 1. The SMILES string of the molecule is C[n+]1ccc(-c2cc3ccc4cc(-c5ccc(O)cc5)cc(ccc(c2)c3)c4)cc1. The van der Waals surface area contributed by atoms with Gasteiger partial charge < -0.3 is 5.11 Å². The van der Waals surface area contributed by atoms with Crippen molar-refractivity contribution in [3.05, 3.63) is 109 Å². The molecule has 0 aliphatic rings. The largest absolute Gasteiger partial charge is 0.508 e. The van der Waals surface area contributed by atoms with Crippen molar-refractivity contribution in [1.29, 1.82) is 0 Å². The Morgan fingerprint density at radius 3 is 1.30 bits per heavy atom. The minimum absolute atomic E-state index is 0.283. The molecule has 4 bridgehead atoms. The lowest BCUT2D eigenvalue weighted by Crippen LogP contribution is -2.25. The van der Waals surface area contributed by atoms with Crippen LogP contribution in [-0.2, 0) is 7.05 Å². The van der Waals surface area contributed by atoms with Gasteiger partial charge in [-0.15, -0.1) is 0 Å². The molecular formula is C28H22NO+. The Kier molecular flexibility index (Phi) is 4.53. The van der Waals surface area contributed by atoms with E-state index in [4.69, 9.17) is 0 Å². The van der Waals surface area contributed by atoms with Gasteiger partial charge in [0.2, 0.25) is 0 Å². The van der Waals surface area contributed by atoms with Crippen LogP contribution in [0, 0.1) is 0 Å². The van der Waals surface area contributed by atoms with Gasteiger partial charge in [0.15, 0.2) is 12.4 Å². The highest BCUT2D eigenvalue weighted by molar-refractivity contribution is 5.83. The molecule has 1 N–H and O–H groups in total. The Hall–Kier alpha value is -3.91. The Labute approximate surface area is 176 Å². The molecule has 0 aliphatic heterocycles. The van der Waals surface area contributed by atoms with Crippen LogP contribution in [0.3, 0.4) is 0 Å². The minimum atomic E-state index is 0.283. The number of benzene rings is 3. The van der Waals surface area contributed by atoms with Gasteiger partial charge in [0.25, 0.3) is 0 Å². The van der Waals surface area contributed by atoms with Gasteiger partial charge in [-0.25, -0.2) is 4.57 Å². The smallest absolute Gasteiger partial charge is 0.169 e. The first-order valence-corrected chi connectivity index (χ1v) is 10.0. The molecule has 2 nitrogen and oxygen atoms in total. The van der Waals surface area contributed by atoms with Crippen LogP contribution in [0.2, 0.25) is 0 Å². The first-order chi connectivity index (χ1) is 14.6. The summed E-state index contributed by atoms with van der Waals surface area (Å²) in [5, 5.41) is 14.3. The van der Waals surface area contributed by atoms with E-state index >= 15 is 0 Å². The second-order valence-electron chi connectivity index (χ2n) is 7.74. The second-order valence-corrected chi connectivity index (χ2v) is 7.74. The standard InChI is InChI=1S/C28H21NO/c1-29-12-10-25(11-13-29)27-18-22-4-2-20-14-21(3-5-23(15-22)19-27)17-26(16-20)24-6-8-28(30)9-7-24/h2-19H,1H3/p+1. The molecule has 0 saturated carbocycles. The minimum Gasteiger partial charge on any atom is -0.508 e. The van der Waals surface area contributed by atoms with Gasteiger partial charge in [-0.3, -0.25) is 0 Å². The van der Waals surface area contributed by atoms with Crippen molar-refractivity contribution in [2.45, 2.75) is 0 Å². The second kappa shape index (κ2) is 7.49. The molecule has 2 heteroatoms. The summed E-state index contributed by atoms with van der Waals surface area (Å²) in [5.41, 5.74) is 4.65. The zero-order valence-electron chi connectivity index (χ0n) is 16.8. The molecule has 0 atom stereocenters. The number of fused-ring (bicyclic) bond motifs is 4. The third-order valence-electron chi connectivity index (χ3n) is 5.40. The van der Waals surface area contributed by atoms with E-state index in [9.17, 15) is 5.11 Å². The molecule has 0 aliphatic carbocycles. The maximum absolute atomic E-state index is 9.59. The predicted molar refractivity (Wildman–Crippen MR) is 124 cm³/mol.